The predicted octanol–water partition coefficient (Wildman–Crippen LogP) is 2.63. The molecule has 1 saturated heterocycles. The number of nitrogens with one attached hydrogen (secondary N) is 1. The van der Waals surface area contributed by atoms with Crippen LogP contribution in [0, 0.1) is 0 Å². The van der Waals surface area contributed by atoms with Crippen molar-refractivity contribution in [3.05, 3.63) is 48.0 Å². The summed E-state index contributed by atoms with van der Waals surface area (Å²) in [6, 6.07) is 7.57. The largest absolute Gasteiger partial charge is 0.488 e. The smallest absolute Gasteiger partial charge is 0.272 e. The summed E-state index contributed by atoms with van der Waals surface area (Å²) in [5.74, 6) is 1.51. The van der Waals surface area contributed by atoms with Gasteiger partial charge in [0.1, 0.15) is 18.2 Å². The van der Waals surface area contributed by atoms with Gasteiger partial charge in [0.15, 0.2) is 0 Å². The van der Waals surface area contributed by atoms with Gasteiger partial charge in [0.2, 0.25) is 0 Å². The molecule has 0 radical (unpaired) electrons. The van der Waals surface area contributed by atoms with E-state index in [0.717, 1.165) is 37.6 Å². The molecule has 5 nitrogen and oxygen atoms in total. The molecule has 0 bridgehead atoms. The molecule has 1 N–H and O–H groups in total. The Morgan fingerprint density at radius 2 is 2.08 bits per heavy atom. The predicted molar refractivity (Wildman–Crippen MR) is 94.4 cm³/mol. The Morgan fingerprint density at radius 3 is 2.72 bits per heavy atom. The lowest BCUT2D eigenvalue weighted by atomic mass is 10.1. The van der Waals surface area contributed by atoms with Crippen LogP contribution in [-0.4, -0.2) is 47.1 Å². The number of hydrogen-bond acceptors (Lipinski definition) is 4. The molecule has 1 aliphatic rings. The van der Waals surface area contributed by atoms with Crippen LogP contribution in [0.25, 0.3) is 0 Å². The van der Waals surface area contributed by atoms with Gasteiger partial charge in [-0.1, -0.05) is 12.1 Å². The lowest BCUT2D eigenvalue weighted by Crippen LogP contribution is -2.46. The lowest BCUT2D eigenvalue weighted by Gasteiger charge is -2.35. The third-order valence-corrected chi connectivity index (χ3v) is 4.20. The van der Waals surface area contributed by atoms with Gasteiger partial charge in [0, 0.05) is 45.6 Å². The Kier molecular flexibility index (Phi) is 7.16. The lowest BCUT2D eigenvalue weighted by molar-refractivity contribution is 0.0819. The molecular weight excluding hydrogens is 350 g/mol. The van der Waals surface area contributed by atoms with Crippen molar-refractivity contribution in [1.82, 2.24) is 19.8 Å². The molecule has 0 spiro atoms. The number of halogens is 3. The summed E-state index contributed by atoms with van der Waals surface area (Å²) in [5.41, 5.74) is 1.13. The number of aromatic nitrogens is 2. The number of imidazole rings is 1. The van der Waals surface area contributed by atoms with Crippen LogP contribution < -0.4 is 10.1 Å². The first-order valence-corrected chi connectivity index (χ1v) is 8.05. The number of ether oxygens (including phenoxy) is 1. The fourth-order valence-electron chi connectivity index (χ4n) is 2.97. The van der Waals surface area contributed by atoms with Crippen molar-refractivity contribution in [3.8, 4) is 5.75 Å². The third-order valence-electron chi connectivity index (χ3n) is 4.20. The van der Waals surface area contributed by atoms with Crippen molar-refractivity contribution >= 4 is 12.4 Å². The molecule has 1 aromatic carbocycles. The summed E-state index contributed by atoms with van der Waals surface area (Å²) in [6.45, 7) is 2.95. The van der Waals surface area contributed by atoms with Crippen molar-refractivity contribution in [2.45, 2.75) is 19.0 Å². The second kappa shape index (κ2) is 9.12. The first kappa shape index (κ1) is 19.6. The quantitative estimate of drug-likeness (QED) is 0.846. The highest BCUT2D eigenvalue weighted by atomic mass is 35.5. The summed E-state index contributed by atoms with van der Waals surface area (Å²) >= 11 is 0. The van der Waals surface area contributed by atoms with Crippen LogP contribution in [0.1, 0.15) is 17.4 Å². The summed E-state index contributed by atoms with van der Waals surface area (Å²) in [6.07, 6.45) is 1.32. The van der Waals surface area contributed by atoms with Gasteiger partial charge in [-0.25, -0.2) is 13.8 Å². The summed E-state index contributed by atoms with van der Waals surface area (Å²) < 4.78 is 31.4. The normalized spacial score (nSPS) is 18.2. The van der Waals surface area contributed by atoms with Crippen LogP contribution >= 0.6 is 12.4 Å². The Labute approximate surface area is 152 Å². The topological polar surface area (TPSA) is 42.3 Å². The Morgan fingerprint density at radius 1 is 1.32 bits per heavy atom. The van der Waals surface area contributed by atoms with E-state index in [0.29, 0.717) is 5.75 Å². The van der Waals surface area contributed by atoms with Gasteiger partial charge >= 0.3 is 0 Å². The summed E-state index contributed by atoms with van der Waals surface area (Å²) in [7, 11) is 2.00. The number of hydrogen-bond donors (Lipinski definition) is 1. The third kappa shape index (κ3) is 5.14. The highest BCUT2D eigenvalue weighted by molar-refractivity contribution is 5.85. The van der Waals surface area contributed by atoms with E-state index in [1.54, 1.807) is 12.1 Å². The molecule has 2 heterocycles. The van der Waals surface area contributed by atoms with Crippen LogP contribution in [0.4, 0.5) is 8.78 Å². The Bertz CT molecular complexity index is 650. The number of nitrogens with zero attached hydrogens (tertiary/aromatic N) is 3. The first-order valence-electron chi connectivity index (χ1n) is 8.05. The van der Waals surface area contributed by atoms with Crippen LogP contribution in [0.15, 0.2) is 36.7 Å². The van der Waals surface area contributed by atoms with Crippen molar-refractivity contribution in [2.75, 3.05) is 26.2 Å². The van der Waals surface area contributed by atoms with Gasteiger partial charge in [0.25, 0.3) is 6.43 Å². The van der Waals surface area contributed by atoms with E-state index in [1.807, 2.05) is 36.1 Å². The van der Waals surface area contributed by atoms with Gasteiger partial charge < -0.3 is 14.6 Å². The molecular formula is C17H23ClF2N4O. The van der Waals surface area contributed by atoms with E-state index in [1.165, 1.54) is 0 Å². The molecule has 0 aliphatic carbocycles. The van der Waals surface area contributed by atoms with Crippen LogP contribution in [-0.2, 0) is 13.6 Å². The average molecular weight is 373 g/mol. The minimum atomic E-state index is -2.45. The summed E-state index contributed by atoms with van der Waals surface area (Å²) in [5, 5.41) is 3.42. The van der Waals surface area contributed by atoms with Crippen molar-refractivity contribution in [1.29, 1.82) is 0 Å². The molecule has 138 valence electrons. The van der Waals surface area contributed by atoms with E-state index in [9.17, 15) is 8.78 Å². The number of rotatable bonds is 6. The summed E-state index contributed by atoms with van der Waals surface area (Å²) in [4.78, 5) is 6.86. The molecule has 0 amide bonds. The molecule has 25 heavy (non-hydrogen) atoms. The maximum absolute atomic E-state index is 12.2. The van der Waals surface area contributed by atoms with Crippen molar-refractivity contribution in [3.63, 3.8) is 0 Å². The molecule has 3 rings (SSSR count). The standard InChI is InChI=1S/C17H22F2N4O.ClH/c1-22-8-7-21-17(22)15-10-20-6-9-23(15)11-13-2-4-14(5-3-13)24-12-16(18)19;/h2-5,7-8,15-16,20H,6,9-12H2,1H3;1H. The van der Waals surface area contributed by atoms with Crippen LogP contribution in [0.2, 0.25) is 0 Å². The highest BCUT2D eigenvalue weighted by Crippen LogP contribution is 2.23. The average Bonchev–Trinajstić information content (AvgIpc) is 3.00. The zero-order valence-corrected chi connectivity index (χ0v) is 14.9. The van der Waals surface area contributed by atoms with Gasteiger partial charge in [-0.2, -0.15) is 0 Å². The van der Waals surface area contributed by atoms with E-state index in [2.05, 4.69) is 15.2 Å². The molecule has 1 aliphatic heterocycles. The molecule has 1 unspecified atom stereocenters. The Balaban J connectivity index is 0.00000225. The molecule has 2 aromatic rings. The van der Waals surface area contributed by atoms with Crippen molar-refractivity contribution < 1.29 is 13.5 Å². The number of alkyl halides is 2. The van der Waals surface area contributed by atoms with Crippen molar-refractivity contribution in [2.24, 2.45) is 7.05 Å². The van der Waals surface area contributed by atoms with Gasteiger partial charge in [0.05, 0.1) is 6.04 Å². The van der Waals surface area contributed by atoms with E-state index in [4.69, 9.17) is 4.74 Å². The maximum Gasteiger partial charge on any atom is 0.272 e. The fraction of sp³-hybridized carbons (Fsp3) is 0.471. The van der Waals surface area contributed by atoms with Gasteiger partial charge in [-0.15, -0.1) is 12.4 Å². The van der Waals surface area contributed by atoms with E-state index < -0.39 is 13.0 Å². The first-order chi connectivity index (χ1) is 11.6. The molecule has 0 saturated carbocycles. The van der Waals surface area contributed by atoms with Gasteiger partial charge in [-0.05, 0) is 17.7 Å². The second-order valence-electron chi connectivity index (χ2n) is 5.93. The van der Waals surface area contributed by atoms with E-state index >= 15 is 0 Å². The maximum atomic E-state index is 12.2. The fourth-order valence-corrected chi connectivity index (χ4v) is 2.97. The zero-order valence-electron chi connectivity index (χ0n) is 14.1. The minimum Gasteiger partial charge on any atom is -0.488 e. The van der Waals surface area contributed by atoms with Gasteiger partial charge in [-0.3, -0.25) is 4.90 Å². The minimum absolute atomic E-state index is 0. The van der Waals surface area contributed by atoms with Crippen LogP contribution in [0.5, 0.6) is 5.75 Å². The molecule has 1 fully saturated rings. The number of piperazine rings is 1. The zero-order chi connectivity index (χ0) is 16.9. The molecule has 1 aromatic heterocycles. The second-order valence-corrected chi connectivity index (χ2v) is 5.93. The number of aryl methyl sites for hydroxylation is 1. The SMILES string of the molecule is Cl.Cn1ccnc1C1CNCCN1Cc1ccc(OCC(F)F)cc1. The monoisotopic (exact) mass is 372 g/mol. The van der Waals surface area contributed by atoms with E-state index in [-0.39, 0.29) is 18.4 Å². The Hall–Kier alpha value is -1.70. The molecule has 8 heteroatoms. The molecule has 1 atom stereocenters. The van der Waals surface area contributed by atoms with Crippen LogP contribution in [0.3, 0.4) is 0 Å². The number of benzene rings is 1. The highest BCUT2D eigenvalue weighted by Gasteiger charge is 2.26.